The molecule has 23 heavy (non-hydrogen) atoms. The Kier molecular flexibility index (Phi) is 4.94. The standard InChI is InChI=1S/C12H20F6O3P2/c1-8(2)5-9(8,6-23(3,4)22)21-12(17,18)11(15,16)10(13,14)7(19)20/h23H,5-6,22H2,1-4H3,(H,19,20). The van der Waals surface area contributed by atoms with Gasteiger partial charge in [-0.25, -0.2) is 0 Å². The number of carboxylic acids is 1. The molecule has 11 heteroatoms. The number of ether oxygens (including phenoxy) is 1. The van der Waals surface area contributed by atoms with Gasteiger partial charge in [-0.2, -0.15) is 0 Å². The number of rotatable bonds is 7. The molecule has 1 fully saturated rings. The van der Waals surface area contributed by atoms with Gasteiger partial charge in [0.05, 0.1) is 0 Å². The van der Waals surface area contributed by atoms with Crippen molar-refractivity contribution in [1.29, 1.82) is 0 Å². The Labute approximate surface area is 132 Å². The van der Waals surface area contributed by atoms with E-state index in [1.165, 1.54) is 13.8 Å². The van der Waals surface area contributed by atoms with Gasteiger partial charge in [0.1, 0.15) is 0 Å². The van der Waals surface area contributed by atoms with E-state index >= 15 is 0 Å². The predicted molar refractivity (Wildman–Crippen MR) is 79.4 cm³/mol. The zero-order valence-corrected chi connectivity index (χ0v) is 15.2. The van der Waals surface area contributed by atoms with Crippen LogP contribution in [-0.2, 0) is 9.53 Å². The number of alkyl halides is 6. The molecule has 0 amide bonds. The summed E-state index contributed by atoms with van der Waals surface area (Å²) >= 11 is 0. The molecule has 1 rings (SSSR count). The van der Waals surface area contributed by atoms with Gasteiger partial charge in [0.2, 0.25) is 0 Å². The third-order valence-electron chi connectivity index (χ3n) is 3.93. The van der Waals surface area contributed by atoms with Gasteiger partial charge in [0.15, 0.2) is 0 Å². The van der Waals surface area contributed by atoms with Crippen molar-refractivity contribution in [2.75, 3.05) is 19.5 Å². The van der Waals surface area contributed by atoms with Gasteiger partial charge in [-0.1, -0.05) is 0 Å². The van der Waals surface area contributed by atoms with E-state index in [1.807, 2.05) is 0 Å². The molecule has 0 saturated heterocycles. The van der Waals surface area contributed by atoms with Crippen LogP contribution in [0.5, 0.6) is 0 Å². The van der Waals surface area contributed by atoms with Gasteiger partial charge in [-0.3, -0.25) is 0 Å². The molecule has 3 nitrogen and oxygen atoms in total. The van der Waals surface area contributed by atoms with Crippen LogP contribution in [0.4, 0.5) is 26.3 Å². The van der Waals surface area contributed by atoms with Gasteiger partial charge < -0.3 is 0 Å². The maximum absolute atomic E-state index is 13.8. The molecular formula is C12H20F6O3P2. The van der Waals surface area contributed by atoms with Crippen LogP contribution < -0.4 is 0 Å². The summed E-state index contributed by atoms with van der Waals surface area (Å²) < 4.78 is 84.9. The van der Waals surface area contributed by atoms with Crippen LogP contribution in [0.15, 0.2) is 0 Å². The van der Waals surface area contributed by atoms with E-state index in [9.17, 15) is 31.1 Å². The Morgan fingerprint density at radius 3 is 1.87 bits per heavy atom. The molecule has 1 aliphatic carbocycles. The Morgan fingerprint density at radius 2 is 1.61 bits per heavy atom. The summed E-state index contributed by atoms with van der Waals surface area (Å²) in [5.41, 5.74) is -2.59. The molecule has 0 spiro atoms. The van der Waals surface area contributed by atoms with Crippen molar-refractivity contribution >= 4 is 21.8 Å². The molecule has 0 aromatic heterocycles. The number of hydrogen-bond acceptors (Lipinski definition) is 2. The molecule has 2 unspecified atom stereocenters. The second-order valence-electron chi connectivity index (χ2n) is 7.29. The molecule has 0 heterocycles. The third kappa shape index (κ3) is 3.62. The Hall–Kier alpha value is -0.130. The summed E-state index contributed by atoms with van der Waals surface area (Å²) in [6.45, 7) is 4.39. The van der Waals surface area contributed by atoms with E-state index in [1.54, 1.807) is 13.3 Å². The van der Waals surface area contributed by atoms with Gasteiger partial charge >= 0.3 is 132 Å². The predicted octanol–water partition coefficient (Wildman–Crippen LogP) is 3.92. The van der Waals surface area contributed by atoms with Crippen molar-refractivity contribution in [2.45, 2.75) is 43.8 Å². The number of carboxylic acid groups (broad SMARTS) is 1. The Bertz CT molecular complexity index is 504. The van der Waals surface area contributed by atoms with E-state index in [0.717, 1.165) is 0 Å². The number of carbonyl (C=O) groups is 1. The van der Waals surface area contributed by atoms with Crippen molar-refractivity contribution in [2.24, 2.45) is 5.41 Å². The summed E-state index contributed by atoms with van der Waals surface area (Å²) in [5, 5.41) is 8.13. The van der Waals surface area contributed by atoms with E-state index < -0.39 is 41.9 Å². The van der Waals surface area contributed by atoms with E-state index in [2.05, 4.69) is 13.7 Å². The van der Waals surface area contributed by atoms with Crippen LogP contribution >= 0.6 is 15.9 Å². The van der Waals surface area contributed by atoms with Crippen LogP contribution in [0, 0.1) is 5.41 Å². The SMILES string of the molecule is CC1(C)CC1(C[PH](C)(C)P)OC(F)(F)C(F)(F)C(F)(F)C(=O)O. The first-order valence-electron chi connectivity index (χ1n) is 6.67. The van der Waals surface area contributed by atoms with Gasteiger partial charge in [0, 0.05) is 0 Å². The van der Waals surface area contributed by atoms with Crippen LogP contribution in [-0.4, -0.2) is 54.1 Å². The van der Waals surface area contributed by atoms with Crippen molar-refractivity contribution in [3.63, 3.8) is 0 Å². The molecule has 2 atom stereocenters. The fraction of sp³-hybridized carbons (Fsp3) is 0.917. The Balaban J connectivity index is 3.16. The molecule has 1 saturated carbocycles. The Morgan fingerprint density at radius 1 is 1.22 bits per heavy atom. The molecular weight excluding hydrogens is 368 g/mol. The second kappa shape index (κ2) is 5.43. The summed E-state index contributed by atoms with van der Waals surface area (Å²) in [6.07, 6.45) is -5.59. The molecule has 0 bridgehead atoms. The van der Waals surface area contributed by atoms with Crippen LogP contribution in [0.25, 0.3) is 0 Å². The fourth-order valence-corrected chi connectivity index (χ4v) is 5.68. The topological polar surface area (TPSA) is 46.5 Å². The summed E-state index contributed by atoms with van der Waals surface area (Å²) in [5.74, 6) is -15.5. The third-order valence-corrected chi connectivity index (χ3v) is 6.02. The van der Waals surface area contributed by atoms with E-state index in [-0.39, 0.29) is 12.6 Å². The van der Waals surface area contributed by atoms with Crippen molar-refractivity contribution < 1.29 is 41.0 Å². The summed E-state index contributed by atoms with van der Waals surface area (Å²) in [4.78, 5) is 10.2. The fourth-order valence-electron chi connectivity index (χ4n) is 2.54. The summed E-state index contributed by atoms with van der Waals surface area (Å²) in [6, 6.07) is 0. The molecule has 0 aromatic rings. The second-order valence-corrected chi connectivity index (χ2v) is 16.3. The van der Waals surface area contributed by atoms with Gasteiger partial charge in [0.25, 0.3) is 0 Å². The van der Waals surface area contributed by atoms with Crippen molar-refractivity contribution in [3.05, 3.63) is 0 Å². The van der Waals surface area contributed by atoms with Crippen LogP contribution in [0.3, 0.4) is 0 Å². The first-order valence-corrected chi connectivity index (χ1v) is 11.7. The zero-order valence-electron chi connectivity index (χ0n) is 13.0. The first kappa shape index (κ1) is 20.9. The average molecular weight is 388 g/mol. The van der Waals surface area contributed by atoms with Crippen molar-refractivity contribution in [1.82, 2.24) is 0 Å². The number of halogens is 6. The molecule has 1 N–H and O–H groups in total. The number of hydrogen-bond donors (Lipinski definition) is 1. The zero-order chi connectivity index (χ0) is 18.7. The molecule has 0 aliphatic heterocycles. The number of aliphatic carboxylic acids is 1. The van der Waals surface area contributed by atoms with Gasteiger partial charge in [-0.15, -0.1) is 0 Å². The van der Waals surface area contributed by atoms with E-state index in [0.29, 0.717) is 0 Å². The van der Waals surface area contributed by atoms with Crippen LogP contribution in [0.1, 0.15) is 20.3 Å². The molecule has 0 radical (unpaired) electrons. The summed E-state index contributed by atoms with van der Waals surface area (Å²) in [7, 11) is 2.47. The van der Waals surface area contributed by atoms with Crippen LogP contribution in [0.2, 0.25) is 0 Å². The van der Waals surface area contributed by atoms with Crippen molar-refractivity contribution in [3.8, 4) is 0 Å². The van der Waals surface area contributed by atoms with E-state index in [4.69, 9.17) is 5.11 Å². The molecule has 0 aromatic carbocycles. The van der Waals surface area contributed by atoms with Gasteiger partial charge in [-0.05, 0) is 0 Å². The quantitative estimate of drug-likeness (QED) is 0.531. The molecule has 138 valence electrons. The normalized spacial score (nSPS) is 26.0. The first-order chi connectivity index (χ1) is 9.81. The average Bonchev–Trinajstić information content (AvgIpc) is 2.73. The monoisotopic (exact) mass is 388 g/mol. The minimum atomic E-state index is -6.18. The maximum atomic E-state index is 13.8. The minimum absolute atomic E-state index is 0.00482. The molecule has 1 aliphatic rings.